The molecule has 5 nitrogen and oxygen atoms in total. The molecule has 140 valence electrons. The Morgan fingerprint density at radius 2 is 1.82 bits per heavy atom. The second-order valence-corrected chi connectivity index (χ2v) is 6.96. The maximum absolute atomic E-state index is 13.1. The van der Waals surface area contributed by atoms with Crippen LogP contribution < -0.4 is 10.2 Å². The number of hydrogen-bond acceptors (Lipinski definition) is 3. The van der Waals surface area contributed by atoms with E-state index < -0.39 is 0 Å². The number of fused-ring (bicyclic) bond motifs is 1. The van der Waals surface area contributed by atoms with Gasteiger partial charge in [0.2, 0.25) is 0 Å². The van der Waals surface area contributed by atoms with Crippen molar-refractivity contribution in [2.24, 2.45) is 0 Å². The molecule has 3 aromatic rings. The van der Waals surface area contributed by atoms with Gasteiger partial charge in [-0.3, -0.25) is 14.6 Å². The molecule has 1 aromatic heterocycles. The van der Waals surface area contributed by atoms with E-state index in [-0.39, 0.29) is 17.5 Å². The first kappa shape index (κ1) is 18.2. The van der Waals surface area contributed by atoms with Crippen LogP contribution in [0.15, 0.2) is 66.9 Å². The summed E-state index contributed by atoms with van der Waals surface area (Å²) in [7, 11) is 0. The molecule has 0 saturated heterocycles. The van der Waals surface area contributed by atoms with Crippen molar-refractivity contribution in [2.45, 2.75) is 12.8 Å². The van der Waals surface area contributed by atoms with E-state index in [2.05, 4.69) is 10.3 Å². The molecule has 0 radical (unpaired) electrons. The van der Waals surface area contributed by atoms with Crippen molar-refractivity contribution >= 4 is 34.8 Å². The summed E-state index contributed by atoms with van der Waals surface area (Å²) in [6.45, 7) is 0.633. The summed E-state index contributed by atoms with van der Waals surface area (Å²) < 4.78 is 0. The van der Waals surface area contributed by atoms with Gasteiger partial charge in [-0.2, -0.15) is 0 Å². The maximum Gasteiger partial charge on any atom is 0.276 e. The third-order valence-electron chi connectivity index (χ3n) is 4.72. The van der Waals surface area contributed by atoms with Gasteiger partial charge >= 0.3 is 0 Å². The van der Waals surface area contributed by atoms with E-state index in [0.29, 0.717) is 22.8 Å². The van der Waals surface area contributed by atoms with Crippen LogP contribution >= 0.6 is 11.6 Å². The maximum atomic E-state index is 13.1. The Balaban J connectivity index is 1.58. The molecular weight excluding hydrogens is 374 g/mol. The third-order valence-corrected chi connectivity index (χ3v) is 5.05. The zero-order valence-electron chi connectivity index (χ0n) is 15.1. The predicted molar refractivity (Wildman–Crippen MR) is 110 cm³/mol. The fourth-order valence-electron chi connectivity index (χ4n) is 3.33. The summed E-state index contributed by atoms with van der Waals surface area (Å²) >= 11 is 6.10. The average molecular weight is 392 g/mol. The average Bonchev–Trinajstić information content (AvgIpc) is 2.74. The van der Waals surface area contributed by atoms with Crippen LogP contribution in [0.1, 0.15) is 32.8 Å². The molecule has 0 spiro atoms. The van der Waals surface area contributed by atoms with Crippen LogP contribution in [0.5, 0.6) is 0 Å². The van der Waals surface area contributed by atoms with Crippen LogP contribution in [0.4, 0.5) is 11.4 Å². The van der Waals surface area contributed by atoms with Gasteiger partial charge in [0.15, 0.2) is 0 Å². The van der Waals surface area contributed by atoms with E-state index in [4.69, 9.17) is 11.6 Å². The van der Waals surface area contributed by atoms with Gasteiger partial charge in [0.1, 0.15) is 5.69 Å². The van der Waals surface area contributed by atoms with Gasteiger partial charge in [-0.25, -0.2) is 0 Å². The Hall–Kier alpha value is -3.18. The molecule has 1 aliphatic rings. The zero-order chi connectivity index (χ0) is 19.5. The van der Waals surface area contributed by atoms with Crippen LogP contribution in [0.3, 0.4) is 0 Å². The summed E-state index contributed by atoms with van der Waals surface area (Å²) in [6, 6.07) is 18.0. The Bertz CT molecular complexity index is 1050. The highest BCUT2D eigenvalue weighted by Gasteiger charge is 2.24. The van der Waals surface area contributed by atoms with Gasteiger partial charge in [-0.05, 0) is 48.7 Å². The van der Waals surface area contributed by atoms with Crippen molar-refractivity contribution in [2.75, 3.05) is 16.8 Å². The monoisotopic (exact) mass is 391 g/mol. The van der Waals surface area contributed by atoms with Crippen molar-refractivity contribution < 1.29 is 9.59 Å². The molecule has 1 N–H and O–H groups in total. The fraction of sp³-hybridized carbons (Fsp3) is 0.136. The molecule has 0 bridgehead atoms. The molecule has 2 amide bonds. The SMILES string of the molecule is O=C(Nc1ccccc1Cl)c1ccnc(C(=O)N2CCCc3ccccc32)c1. The van der Waals surface area contributed by atoms with Gasteiger partial charge in [-0.1, -0.05) is 41.9 Å². The lowest BCUT2D eigenvalue weighted by molar-refractivity contribution is 0.0980. The zero-order valence-corrected chi connectivity index (χ0v) is 15.8. The Kier molecular flexibility index (Phi) is 5.08. The molecule has 0 fully saturated rings. The number of aromatic nitrogens is 1. The number of aryl methyl sites for hydroxylation is 1. The first-order valence-electron chi connectivity index (χ1n) is 9.05. The molecular formula is C22H18ClN3O2. The molecule has 0 unspecified atom stereocenters. The summed E-state index contributed by atoms with van der Waals surface area (Å²) in [4.78, 5) is 31.6. The van der Waals surface area contributed by atoms with Gasteiger partial charge in [0.05, 0.1) is 10.7 Å². The van der Waals surface area contributed by atoms with Gasteiger partial charge < -0.3 is 10.2 Å². The number of rotatable bonds is 3. The number of anilines is 2. The fourth-order valence-corrected chi connectivity index (χ4v) is 3.51. The second-order valence-electron chi connectivity index (χ2n) is 6.55. The predicted octanol–water partition coefficient (Wildman–Crippen LogP) is 4.58. The molecule has 2 aromatic carbocycles. The molecule has 28 heavy (non-hydrogen) atoms. The van der Waals surface area contributed by atoms with Crippen molar-refractivity contribution in [1.82, 2.24) is 4.98 Å². The van der Waals surface area contributed by atoms with Crippen LogP contribution in [0.2, 0.25) is 5.02 Å². The molecule has 2 heterocycles. The van der Waals surface area contributed by atoms with Crippen LogP contribution in [-0.4, -0.2) is 23.3 Å². The van der Waals surface area contributed by atoms with Crippen molar-refractivity contribution in [3.63, 3.8) is 0 Å². The van der Waals surface area contributed by atoms with Gasteiger partial charge in [0, 0.05) is 24.0 Å². The molecule has 6 heteroatoms. The van der Waals surface area contributed by atoms with E-state index in [0.717, 1.165) is 24.1 Å². The van der Waals surface area contributed by atoms with Crippen molar-refractivity contribution in [3.8, 4) is 0 Å². The number of nitrogens with one attached hydrogen (secondary N) is 1. The standard InChI is InChI=1S/C22H18ClN3O2/c23-17-8-2-3-9-18(17)25-21(27)16-11-12-24-19(14-16)22(28)26-13-5-7-15-6-1-4-10-20(15)26/h1-4,6,8-12,14H,5,7,13H2,(H,25,27). The number of hydrogen-bond donors (Lipinski definition) is 1. The lowest BCUT2D eigenvalue weighted by atomic mass is 10.0. The molecule has 0 saturated carbocycles. The summed E-state index contributed by atoms with van der Waals surface area (Å²) in [5.41, 5.74) is 3.16. The summed E-state index contributed by atoms with van der Waals surface area (Å²) in [5.74, 6) is -0.553. The number of amides is 2. The number of para-hydroxylation sites is 2. The first-order valence-corrected chi connectivity index (χ1v) is 9.43. The normalized spacial score (nSPS) is 13.0. The van der Waals surface area contributed by atoms with Crippen molar-refractivity contribution in [1.29, 1.82) is 0 Å². The van der Waals surface area contributed by atoms with Crippen LogP contribution in [0, 0.1) is 0 Å². The number of pyridine rings is 1. The number of carbonyl (C=O) groups excluding carboxylic acids is 2. The highest BCUT2D eigenvalue weighted by atomic mass is 35.5. The highest BCUT2D eigenvalue weighted by molar-refractivity contribution is 6.33. The van der Waals surface area contributed by atoms with Crippen LogP contribution in [-0.2, 0) is 6.42 Å². The molecule has 0 atom stereocenters. The minimum atomic E-state index is -0.344. The lowest BCUT2D eigenvalue weighted by Gasteiger charge is -2.29. The number of halogens is 1. The van der Waals surface area contributed by atoms with Gasteiger partial charge in [-0.15, -0.1) is 0 Å². The molecule has 1 aliphatic heterocycles. The van der Waals surface area contributed by atoms with E-state index in [1.54, 1.807) is 35.2 Å². The number of benzene rings is 2. The quantitative estimate of drug-likeness (QED) is 0.710. The van der Waals surface area contributed by atoms with E-state index in [1.807, 2.05) is 24.3 Å². The first-order chi connectivity index (χ1) is 13.6. The highest BCUT2D eigenvalue weighted by Crippen LogP contribution is 2.28. The van der Waals surface area contributed by atoms with Crippen molar-refractivity contribution in [3.05, 3.63) is 88.7 Å². The minimum absolute atomic E-state index is 0.209. The van der Waals surface area contributed by atoms with E-state index in [1.165, 1.54) is 12.3 Å². The van der Waals surface area contributed by atoms with Gasteiger partial charge in [0.25, 0.3) is 11.8 Å². The van der Waals surface area contributed by atoms with E-state index >= 15 is 0 Å². The smallest absolute Gasteiger partial charge is 0.276 e. The largest absolute Gasteiger partial charge is 0.321 e. The minimum Gasteiger partial charge on any atom is -0.321 e. The topological polar surface area (TPSA) is 62.3 Å². The molecule has 0 aliphatic carbocycles. The number of carbonyl (C=O) groups is 2. The third kappa shape index (κ3) is 3.62. The van der Waals surface area contributed by atoms with E-state index in [9.17, 15) is 9.59 Å². The summed E-state index contributed by atoms with van der Waals surface area (Å²) in [5, 5.41) is 3.21. The lowest BCUT2D eigenvalue weighted by Crippen LogP contribution is -2.36. The Labute approximate surface area is 168 Å². The van der Waals surface area contributed by atoms with Crippen LogP contribution in [0.25, 0.3) is 0 Å². The Morgan fingerprint density at radius 3 is 2.68 bits per heavy atom. The number of nitrogens with zero attached hydrogens (tertiary/aromatic N) is 2. The second kappa shape index (κ2) is 7.82. The Morgan fingerprint density at radius 1 is 1.04 bits per heavy atom. The molecule has 4 rings (SSSR count). The summed E-state index contributed by atoms with van der Waals surface area (Å²) in [6.07, 6.45) is 3.33.